The Labute approximate surface area is 191 Å². The molecule has 0 spiro atoms. The largest absolute Gasteiger partial charge is 0.454 e. The summed E-state index contributed by atoms with van der Waals surface area (Å²) < 4.78 is 39.9. The zero-order valence-electron chi connectivity index (χ0n) is 17.2. The summed E-state index contributed by atoms with van der Waals surface area (Å²) in [7, 11) is -3.89. The first-order valence-corrected chi connectivity index (χ1v) is 11.9. The molecule has 3 aromatic carbocycles. The van der Waals surface area contributed by atoms with Gasteiger partial charge < -0.3 is 9.47 Å². The summed E-state index contributed by atoms with van der Waals surface area (Å²) in [5.41, 5.74) is 2.84. The lowest BCUT2D eigenvalue weighted by atomic mass is 9.79. The number of fused-ring (bicyclic) bond motifs is 2. The van der Waals surface area contributed by atoms with Gasteiger partial charge in [0.15, 0.2) is 11.5 Å². The molecule has 0 saturated carbocycles. The maximum absolute atomic E-state index is 13.7. The van der Waals surface area contributed by atoms with Crippen LogP contribution in [0, 0.1) is 18.3 Å². The predicted molar refractivity (Wildman–Crippen MR) is 121 cm³/mol. The van der Waals surface area contributed by atoms with Gasteiger partial charge in [-0.2, -0.15) is 5.26 Å². The summed E-state index contributed by atoms with van der Waals surface area (Å²) in [6, 6.07) is 19.7. The molecule has 0 fully saturated rings. The first-order valence-electron chi connectivity index (χ1n) is 10.1. The number of sulfonamides is 1. The number of nitrogens with zero attached hydrogens (tertiary/aromatic N) is 2. The highest BCUT2D eigenvalue weighted by Crippen LogP contribution is 2.50. The number of nitriles is 1. The Bertz CT molecular complexity index is 1330. The number of halogens is 1. The number of ether oxygens (including phenoxy) is 2. The Morgan fingerprint density at radius 2 is 1.69 bits per heavy atom. The highest BCUT2D eigenvalue weighted by atomic mass is 35.5. The van der Waals surface area contributed by atoms with Crippen molar-refractivity contribution in [2.24, 2.45) is 0 Å². The van der Waals surface area contributed by atoms with E-state index in [4.69, 9.17) is 21.1 Å². The third-order valence-electron chi connectivity index (χ3n) is 5.94. The topological polar surface area (TPSA) is 79.6 Å². The molecule has 32 heavy (non-hydrogen) atoms. The molecule has 2 heterocycles. The van der Waals surface area contributed by atoms with Gasteiger partial charge in [0.1, 0.15) is 0 Å². The lowest BCUT2D eigenvalue weighted by molar-refractivity contribution is 0.174. The van der Waals surface area contributed by atoms with E-state index < -0.39 is 15.9 Å². The van der Waals surface area contributed by atoms with Crippen molar-refractivity contribution in [3.05, 3.63) is 82.4 Å². The van der Waals surface area contributed by atoms with E-state index >= 15 is 0 Å². The summed E-state index contributed by atoms with van der Waals surface area (Å²) in [5.74, 6) is 0.0263. The van der Waals surface area contributed by atoms with Gasteiger partial charge in [-0.3, -0.25) is 4.31 Å². The van der Waals surface area contributed by atoms with Crippen molar-refractivity contribution in [3.63, 3.8) is 0 Å². The molecule has 2 atom stereocenters. The highest BCUT2D eigenvalue weighted by Gasteiger charge is 2.41. The van der Waals surface area contributed by atoms with Gasteiger partial charge in [0, 0.05) is 23.6 Å². The molecule has 0 bridgehead atoms. The highest BCUT2D eigenvalue weighted by molar-refractivity contribution is 7.92. The lowest BCUT2D eigenvalue weighted by Crippen LogP contribution is -2.40. The summed E-state index contributed by atoms with van der Waals surface area (Å²) in [4.78, 5) is 0.192. The molecule has 0 aromatic heterocycles. The van der Waals surface area contributed by atoms with Crippen LogP contribution in [0.15, 0.2) is 65.6 Å². The summed E-state index contributed by atoms with van der Waals surface area (Å²) >= 11 is 6.06. The van der Waals surface area contributed by atoms with Gasteiger partial charge >= 0.3 is 0 Å². The van der Waals surface area contributed by atoms with Gasteiger partial charge in [-0.1, -0.05) is 41.4 Å². The molecule has 6 nitrogen and oxygen atoms in total. The average Bonchev–Trinajstić information content (AvgIpc) is 3.25. The smallest absolute Gasteiger partial charge is 0.264 e. The number of benzene rings is 3. The molecule has 8 heteroatoms. The fraction of sp³-hybridized carbons (Fsp3) is 0.208. The van der Waals surface area contributed by atoms with Gasteiger partial charge in [0.2, 0.25) is 6.79 Å². The molecule has 162 valence electrons. The number of rotatable bonds is 3. The van der Waals surface area contributed by atoms with E-state index in [1.165, 1.54) is 4.31 Å². The maximum Gasteiger partial charge on any atom is 0.264 e. The van der Waals surface area contributed by atoms with Crippen molar-refractivity contribution >= 4 is 27.3 Å². The second kappa shape index (κ2) is 7.73. The number of hydrogen-bond donors (Lipinski definition) is 0. The summed E-state index contributed by atoms with van der Waals surface area (Å²) in [6.07, 6.45) is 0. The molecule has 0 aliphatic carbocycles. The molecule has 0 unspecified atom stereocenters. The van der Waals surface area contributed by atoms with E-state index in [9.17, 15) is 13.7 Å². The SMILES string of the molecule is Cc1ccc(S(=O)(=O)N2C[C@@H](c3ccc(Cl)cc3)[C@H](C#N)c3cc4c(cc32)OCO4)cc1. The van der Waals surface area contributed by atoms with Crippen molar-refractivity contribution in [1.29, 1.82) is 5.26 Å². The molecule has 0 N–H and O–H groups in total. The molecular formula is C24H19ClN2O4S. The molecule has 2 aliphatic rings. The third-order valence-corrected chi connectivity index (χ3v) is 7.98. The Morgan fingerprint density at radius 3 is 2.34 bits per heavy atom. The van der Waals surface area contributed by atoms with E-state index in [0.29, 0.717) is 27.8 Å². The Morgan fingerprint density at radius 1 is 1.03 bits per heavy atom. The van der Waals surface area contributed by atoms with Crippen molar-refractivity contribution in [1.82, 2.24) is 0 Å². The quantitative estimate of drug-likeness (QED) is 0.544. The van der Waals surface area contributed by atoms with Gasteiger partial charge in [-0.25, -0.2) is 8.42 Å². The molecule has 3 aromatic rings. The second-order valence-corrected chi connectivity index (χ2v) is 10.2. The Balaban J connectivity index is 1.70. The number of anilines is 1. The standard InChI is InChI=1S/C24H19ClN2O4S/c1-15-2-8-18(9-3-15)32(28,29)27-13-21(16-4-6-17(25)7-5-16)20(12-26)19-10-23-24(11-22(19)27)31-14-30-23/h2-11,20-21H,13-14H2,1H3/t20-,21+/m1/s1. The number of aryl methyl sites for hydroxylation is 1. The monoisotopic (exact) mass is 466 g/mol. The Kier molecular flexibility index (Phi) is 5.00. The van der Waals surface area contributed by atoms with Crippen LogP contribution < -0.4 is 13.8 Å². The van der Waals surface area contributed by atoms with Gasteiger partial charge in [0.25, 0.3) is 10.0 Å². The normalized spacial score (nSPS) is 19.3. The molecule has 5 rings (SSSR count). The average molecular weight is 467 g/mol. The van der Waals surface area contributed by atoms with Crippen LogP contribution in [-0.2, 0) is 10.0 Å². The van der Waals surface area contributed by atoms with Gasteiger partial charge in [-0.05, 0) is 48.4 Å². The van der Waals surface area contributed by atoms with Crippen LogP contribution in [0.2, 0.25) is 5.02 Å². The first kappa shape index (κ1) is 20.7. The van der Waals surface area contributed by atoms with E-state index in [1.807, 2.05) is 19.1 Å². The van der Waals surface area contributed by atoms with Crippen LogP contribution in [0.5, 0.6) is 11.5 Å². The maximum atomic E-state index is 13.7. The second-order valence-electron chi connectivity index (χ2n) is 7.88. The Hall–Kier alpha value is -3.21. The minimum atomic E-state index is -3.89. The van der Waals surface area contributed by atoms with Crippen LogP contribution in [0.3, 0.4) is 0 Å². The molecule has 0 radical (unpaired) electrons. The molecule has 0 saturated heterocycles. The van der Waals surface area contributed by atoms with Crippen LogP contribution in [0.25, 0.3) is 0 Å². The van der Waals surface area contributed by atoms with Gasteiger partial charge in [0.05, 0.1) is 22.6 Å². The van der Waals surface area contributed by atoms with Crippen LogP contribution in [-0.4, -0.2) is 21.8 Å². The van der Waals surface area contributed by atoms with Crippen molar-refractivity contribution < 1.29 is 17.9 Å². The zero-order chi connectivity index (χ0) is 22.5. The minimum absolute atomic E-state index is 0.0563. The lowest BCUT2D eigenvalue weighted by Gasteiger charge is -2.38. The first-order chi connectivity index (χ1) is 15.4. The fourth-order valence-electron chi connectivity index (χ4n) is 4.24. The predicted octanol–water partition coefficient (Wildman–Crippen LogP) is 4.98. The molecule has 0 amide bonds. The van der Waals surface area contributed by atoms with E-state index in [0.717, 1.165) is 11.1 Å². The van der Waals surface area contributed by atoms with Gasteiger partial charge in [-0.15, -0.1) is 0 Å². The van der Waals surface area contributed by atoms with E-state index in [-0.39, 0.29) is 24.2 Å². The summed E-state index contributed by atoms with van der Waals surface area (Å²) in [5, 5.41) is 10.7. The van der Waals surface area contributed by atoms with Crippen LogP contribution >= 0.6 is 11.6 Å². The zero-order valence-corrected chi connectivity index (χ0v) is 18.7. The van der Waals surface area contributed by atoms with E-state index in [2.05, 4.69) is 6.07 Å². The minimum Gasteiger partial charge on any atom is -0.454 e. The van der Waals surface area contributed by atoms with E-state index in [1.54, 1.807) is 48.5 Å². The molecular weight excluding hydrogens is 448 g/mol. The fourth-order valence-corrected chi connectivity index (χ4v) is 5.88. The van der Waals surface area contributed by atoms with Crippen LogP contribution in [0.4, 0.5) is 5.69 Å². The molecule has 2 aliphatic heterocycles. The van der Waals surface area contributed by atoms with Crippen molar-refractivity contribution in [3.8, 4) is 17.6 Å². The van der Waals surface area contributed by atoms with Crippen molar-refractivity contribution in [2.75, 3.05) is 17.6 Å². The number of hydrogen-bond acceptors (Lipinski definition) is 5. The van der Waals surface area contributed by atoms with Crippen molar-refractivity contribution in [2.45, 2.75) is 23.7 Å². The third kappa shape index (κ3) is 3.36. The van der Waals surface area contributed by atoms with Crippen LogP contribution in [0.1, 0.15) is 28.5 Å². The summed E-state index contributed by atoms with van der Waals surface area (Å²) in [6.45, 7) is 2.07.